The van der Waals surface area contributed by atoms with Crippen molar-refractivity contribution >= 4 is 17.4 Å². The molecular weight excluding hydrogens is 376 g/mol. The summed E-state index contributed by atoms with van der Waals surface area (Å²) in [4.78, 5) is 23.8. The maximum Gasteiger partial charge on any atom is 0.303 e. The van der Waals surface area contributed by atoms with E-state index in [9.17, 15) is 9.59 Å². The molecule has 2 aromatic rings. The molecule has 0 spiro atoms. The molecule has 0 aliphatic carbocycles. The Hall–Kier alpha value is -2.56. The second-order valence-electron chi connectivity index (χ2n) is 7.89. The van der Waals surface area contributed by atoms with E-state index >= 15 is 0 Å². The number of rotatable bonds is 15. The zero-order valence-corrected chi connectivity index (χ0v) is 18.5. The van der Waals surface area contributed by atoms with E-state index in [-0.39, 0.29) is 12.2 Å². The van der Waals surface area contributed by atoms with Crippen LogP contribution in [0.2, 0.25) is 0 Å². The Balaban J connectivity index is 1.95. The fraction of sp³-hybridized carbons (Fsp3) is 0.520. The van der Waals surface area contributed by atoms with Crippen molar-refractivity contribution in [1.29, 1.82) is 0 Å². The van der Waals surface area contributed by atoms with E-state index in [4.69, 9.17) is 5.11 Å². The summed E-state index contributed by atoms with van der Waals surface area (Å²) in [6.07, 6.45) is 12.9. The van der Waals surface area contributed by atoms with Crippen molar-refractivity contribution in [3.05, 3.63) is 53.3 Å². The van der Waals surface area contributed by atoms with Crippen LogP contribution in [-0.4, -0.2) is 28.0 Å². The molecule has 30 heavy (non-hydrogen) atoms. The van der Waals surface area contributed by atoms with Crippen molar-refractivity contribution in [3.8, 4) is 0 Å². The van der Waals surface area contributed by atoms with Gasteiger partial charge >= 0.3 is 5.97 Å². The number of nitrogens with zero attached hydrogens (tertiary/aromatic N) is 1. The summed E-state index contributed by atoms with van der Waals surface area (Å²) < 4.78 is 1.94. The van der Waals surface area contributed by atoms with E-state index in [0.29, 0.717) is 24.1 Å². The molecule has 1 aromatic carbocycles. The minimum absolute atomic E-state index is 0.0204. The smallest absolute Gasteiger partial charge is 0.303 e. The molecule has 0 saturated heterocycles. The van der Waals surface area contributed by atoms with Crippen molar-refractivity contribution in [2.45, 2.75) is 78.2 Å². The van der Waals surface area contributed by atoms with Gasteiger partial charge in [0.05, 0.1) is 0 Å². The van der Waals surface area contributed by atoms with Crippen LogP contribution < -0.4 is 5.32 Å². The first-order valence-corrected chi connectivity index (χ1v) is 11.3. The summed E-state index contributed by atoms with van der Waals surface area (Å²) in [6.45, 7) is 5.79. The van der Waals surface area contributed by atoms with E-state index in [1.165, 1.54) is 32.1 Å². The average molecular weight is 413 g/mol. The summed E-state index contributed by atoms with van der Waals surface area (Å²) in [7, 11) is 0. The molecule has 0 bridgehead atoms. The average Bonchev–Trinajstić information content (AvgIpc) is 3.15. The van der Waals surface area contributed by atoms with E-state index < -0.39 is 5.97 Å². The lowest BCUT2D eigenvalue weighted by Gasteiger charge is -2.08. The summed E-state index contributed by atoms with van der Waals surface area (Å²) in [5, 5.41) is 12.3. The number of benzene rings is 1. The Labute approximate surface area is 180 Å². The molecule has 1 aromatic heterocycles. The van der Waals surface area contributed by atoms with Crippen LogP contribution in [0.3, 0.4) is 0 Å². The number of carboxylic acid groups (broad SMARTS) is 1. The highest BCUT2D eigenvalue weighted by Gasteiger charge is 2.16. The van der Waals surface area contributed by atoms with Crippen LogP contribution in [-0.2, 0) is 17.8 Å². The zero-order chi connectivity index (χ0) is 21.8. The second-order valence-corrected chi connectivity index (χ2v) is 7.89. The molecule has 0 saturated carbocycles. The molecule has 0 amide bonds. The number of aromatic nitrogens is 1. The first-order chi connectivity index (χ1) is 14.5. The van der Waals surface area contributed by atoms with E-state index in [2.05, 4.69) is 12.2 Å². The predicted octanol–water partition coefficient (Wildman–Crippen LogP) is 5.92. The van der Waals surface area contributed by atoms with Gasteiger partial charge in [-0.05, 0) is 37.0 Å². The third kappa shape index (κ3) is 7.69. The SMILES string of the molecule is CCCCCCCCNc1cccc(C(=O)c2cn(CCCC(=O)O)cc2CC)c1. The van der Waals surface area contributed by atoms with Crippen LogP contribution in [0.15, 0.2) is 36.7 Å². The number of carboxylic acids is 1. The van der Waals surface area contributed by atoms with Crippen LogP contribution >= 0.6 is 0 Å². The number of anilines is 1. The van der Waals surface area contributed by atoms with Crippen molar-refractivity contribution in [2.75, 3.05) is 11.9 Å². The van der Waals surface area contributed by atoms with Gasteiger partial charge in [0.15, 0.2) is 5.78 Å². The first kappa shape index (κ1) is 23.7. The van der Waals surface area contributed by atoms with Gasteiger partial charge in [0.2, 0.25) is 0 Å². The van der Waals surface area contributed by atoms with Gasteiger partial charge in [0.1, 0.15) is 0 Å². The number of hydrogen-bond acceptors (Lipinski definition) is 3. The lowest BCUT2D eigenvalue weighted by molar-refractivity contribution is -0.137. The van der Waals surface area contributed by atoms with Gasteiger partial charge in [0, 0.05) is 48.7 Å². The molecule has 5 nitrogen and oxygen atoms in total. The third-order valence-corrected chi connectivity index (χ3v) is 5.38. The van der Waals surface area contributed by atoms with Gasteiger partial charge in [0.25, 0.3) is 0 Å². The summed E-state index contributed by atoms with van der Waals surface area (Å²) in [5.41, 5.74) is 3.37. The standard InChI is InChI=1S/C25H36N2O3/c1-3-5-6-7-8-9-15-26-22-13-10-12-21(17-22)25(30)23-19-27(18-20(23)4-2)16-11-14-24(28)29/h10,12-13,17-19,26H,3-9,11,14-16H2,1-2H3,(H,28,29). The molecule has 0 radical (unpaired) electrons. The largest absolute Gasteiger partial charge is 0.481 e. The van der Waals surface area contributed by atoms with E-state index in [1.54, 1.807) is 0 Å². The number of ketones is 1. The number of unbranched alkanes of at least 4 members (excludes halogenated alkanes) is 5. The number of nitrogens with one attached hydrogen (secondary N) is 1. The number of carbonyl (C=O) groups is 2. The molecule has 0 fully saturated rings. The Kier molecular flexibility index (Phi) is 10.2. The van der Waals surface area contributed by atoms with E-state index in [1.807, 2.05) is 48.1 Å². The molecule has 0 aliphatic rings. The molecule has 164 valence electrons. The fourth-order valence-corrected chi connectivity index (χ4v) is 3.65. The van der Waals surface area contributed by atoms with Crippen molar-refractivity contribution in [2.24, 2.45) is 0 Å². The molecular formula is C25H36N2O3. The van der Waals surface area contributed by atoms with Gasteiger partial charge in [-0.3, -0.25) is 9.59 Å². The molecule has 0 atom stereocenters. The molecule has 0 unspecified atom stereocenters. The quantitative estimate of drug-likeness (QED) is 0.281. The molecule has 5 heteroatoms. The highest BCUT2D eigenvalue weighted by molar-refractivity contribution is 6.10. The number of carbonyl (C=O) groups excluding carboxylic acids is 1. The van der Waals surface area contributed by atoms with Gasteiger partial charge in [-0.25, -0.2) is 0 Å². The lowest BCUT2D eigenvalue weighted by atomic mass is 10.0. The van der Waals surface area contributed by atoms with Gasteiger partial charge in [-0.1, -0.05) is 58.1 Å². The lowest BCUT2D eigenvalue weighted by Crippen LogP contribution is -2.06. The minimum atomic E-state index is -0.792. The Bertz CT molecular complexity index is 810. The zero-order valence-electron chi connectivity index (χ0n) is 18.5. The van der Waals surface area contributed by atoms with Crippen molar-refractivity contribution in [1.82, 2.24) is 4.57 Å². The van der Waals surface area contributed by atoms with Crippen LogP contribution in [0.4, 0.5) is 5.69 Å². The number of aryl methyl sites for hydroxylation is 2. The summed E-state index contributed by atoms with van der Waals surface area (Å²) in [5.74, 6) is -0.772. The molecule has 2 rings (SSSR count). The summed E-state index contributed by atoms with van der Waals surface area (Å²) in [6, 6.07) is 7.72. The first-order valence-electron chi connectivity index (χ1n) is 11.3. The Morgan fingerprint density at radius 2 is 1.77 bits per heavy atom. The maximum atomic E-state index is 13.1. The molecule has 0 aliphatic heterocycles. The highest BCUT2D eigenvalue weighted by Crippen LogP contribution is 2.20. The molecule has 2 N–H and O–H groups in total. The summed E-state index contributed by atoms with van der Waals surface area (Å²) >= 11 is 0. The van der Waals surface area contributed by atoms with Crippen molar-refractivity contribution < 1.29 is 14.7 Å². The van der Waals surface area contributed by atoms with Gasteiger partial charge in [-0.15, -0.1) is 0 Å². The fourth-order valence-electron chi connectivity index (χ4n) is 3.65. The van der Waals surface area contributed by atoms with Crippen LogP contribution in [0.1, 0.15) is 86.7 Å². The maximum absolute atomic E-state index is 13.1. The van der Waals surface area contributed by atoms with Gasteiger partial charge < -0.3 is 15.0 Å². The Morgan fingerprint density at radius 3 is 2.50 bits per heavy atom. The monoisotopic (exact) mass is 412 g/mol. The minimum Gasteiger partial charge on any atom is -0.481 e. The number of hydrogen-bond donors (Lipinski definition) is 2. The Morgan fingerprint density at radius 1 is 1.00 bits per heavy atom. The number of aliphatic carboxylic acids is 1. The molecule has 1 heterocycles. The van der Waals surface area contributed by atoms with E-state index in [0.717, 1.165) is 30.6 Å². The van der Waals surface area contributed by atoms with Crippen molar-refractivity contribution in [3.63, 3.8) is 0 Å². The third-order valence-electron chi connectivity index (χ3n) is 5.38. The van der Waals surface area contributed by atoms with Crippen LogP contribution in [0, 0.1) is 0 Å². The van der Waals surface area contributed by atoms with Gasteiger partial charge in [-0.2, -0.15) is 0 Å². The van der Waals surface area contributed by atoms with Crippen LogP contribution in [0.5, 0.6) is 0 Å². The predicted molar refractivity (Wildman–Crippen MR) is 122 cm³/mol. The topological polar surface area (TPSA) is 71.3 Å². The second kappa shape index (κ2) is 12.9. The highest BCUT2D eigenvalue weighted by atomic mass is 16.4. The van der Waals surface area contributed by atoms with Crippen LogP contribution in [0.25, 0.3) is 0 Å². The normalized spacial score (nSPS) is 10.9.